The molecule has 1 saturated heterocycles. The van der Waals surface area contributed by atoms with E-state index in [1.54, 1.807) is 20.1 Å². The summed E-state index contributed by atoms with van der Waals surface area (Å²) in [6.45, 7) is 10.7. The molecule has 1 amide bonds. The van der Waals surface area contributed by atoms with Crippen LogP contribution in [0.25, 0.3) is 11.3 Å². The Labute approximate surface area is 247 Å². The molecule has 2 fully saturated rings. The Hall–Kier alpha value is -3.39. The summed E-state index contributed by atoms with van der Waals surface area (Å²) in [5, 5.41) is 21.5. The smallest absolute Gasteiger partial charge is 0.354 e. The molecule has 8 nitrogen and oxygen atoms in total. The Balaban J connectivity index is 1.57. The molecule has 4 aliphatic rings. The molecule has 0 bridgehead atoms. The van der Waals surface area contributed by atoms with Crippen molar-refractivity contribution in [3.05, 3.63) is 58.0 Å². The molecule has 2 aliphatic carbocycles. The van der Waals surface area contributed by atoms with Crippen LogP contribution in [0.1, 0.15) is 86.0 Å². The van der Waals surface area contributed by atoms with Gasteiger partial charge in [-0.1, -0.05) is 19.9 Å². The van der Waals surface area contributed by atoms with E-state index in [-0.39, 0.29) is 35.1 Å². The normalized spacial score (nSPS) is 28.0. The number of carboxylic acids is 1. The first-order valence-corrected chi connectivity index (χ1v) is 15.3. The highest BCUT2D eigenvalue weighted by atomic mass is 16.5. The summed E-state index contributed by atoms with van der Waals surface area (Å²) in [6, 6.07) is 7.47. The second-order valence-corrected chi connectivity index (χ2v) is 13.1. The van der Waals surface area contributed by atoms with E-state index in [0.29, 0.717) is 30.0 Å². The summed E-state index contributed by atoms with van der Waals surface area (Å²) >= 11 is 0. The number of carbonyl (C=O) groups excluding carboxylic acids is 1. The Morgan fingerprint density at radius 2 is 1.95 bits per heavy atom. The number of ether oxygens (including phenoxy) is 2. The number of piperidine rings is 1. The van der Waals surface area contributed by atoms with E-state index in [0.717, 1.165) is 53.7 Å². The number of benzene rings is 1. The van der Waals surface area contributed by atoms with Gasteiger partial charge in [0.25, 0.3) is 0 Å². The van der Waals surface area contributed by atoms with Crippen molar-refractivity contribution >= 4 is 11.9 Å². The maximum absolute atomic E-state index is 14.5. The van der Waals surface area contributed by atoms with Crippen molar-refractivity contribution in [2.45, 2.75) is 90.9 Å². The zero-order valence-corrected chi connectivity index (χ0v) is 25.4. The van der Waals surface area contributed by atoms with Gasteiger partial charge < -0.3 is 24.6 Å². The summed E-state index contributed by atoms with van der Waals surface area (Å²) < 4.78 is 12.7. The number of aliphatic hydroxyl groups is 1. The number of methoxy groups -OCH3 is 1. The van der Waals surface area contributed by atoms with Gasteiger partial charge in [0.05, 0.1) is 30.6 Å². The highest BCUT2D eigenvalue weighted by Gasteiger charge is 2.58. The molecule has 224 valence electrons. The van der Waals surface area contributed by atoms with E-state index >= 15 is 0 Å². The van der Waals surface area contributed by atoms with Gasteiger partial charge in [0.15, 0.2) is 5.69 Å². The summed E-state index contributed by atoms with van der Waals surface area (Å²) in [5.41, 5.74) is 4.54. The van der Waals surface area contributed by atoms with Crippen LogP contribution in [-0.2, 0) is 9.53 Å². The average molecular weight is 575 g/mol. The molecule has 1 unspecified atom stereocenters. The minimum atomic E-state index is -1.07. The van der Waals surface area contributed by atoms with Crippen molar-refractivity contribution < 1.29 is 29.3 Å². The fraction of sp³-hybridized carbons (Fsp3) is 0.559. The summed E-state index contributed by atoms with van der Waals surface area (Å²) in [6.07, 6.45) is 3.36. The number of carbonyl (C=O) groups is 2. The van der Waals surface area contributed by atoms with E-state index in [1.807, 2.05) is 36.9 Å². The number of pyridine rings is 1. The Kier molecular flexibility index (Phi) is 7.11. The monoisotopic (exact) mass is 574 g/mol. The first-order chi connectivity index (χ1) is 20.0. The summed E-state index contributed by atoms with van der Waals surface area (Å²) in [4.78, 5) is 32.9. The maximum atomic E-state index is 14.5. The van der Waals surface area contributed by atoms with Crippen molar-refractivity contribution in [1.82, 2.24) is 9.88 Å². The first-order valence-electron chi connectivity index (χ1n) is 15.3. The predicted octanol–water partition coefficient (Wildman–Crippen LogP) is 5.64. The number of aliphatic hydroxyl groups excluding tert-OH is 1. The van der Waals surface area contributed by atoms with Crippen LogP contribution in [-0.4, -0.2) is 63.9 Å². The third-order valence-electron chi connectivity index (χ3n) is 10.3. The quantitative estimate of drug-likeness (QED) is 0.460. The maximum Gasteiger partial charge on any atom is 0.354 e. The Bertz CT molecular complexity index is 1470. The number of aromatic carboxylic acids is 1. The molecule has 8 heteroatoms. The van der Waals surface area contributed by atoms with Crippen LogP contribution in [0.3, 0.4) is 0 Å². The molecule has 1 aromatic heterocycles. The van der Waals surface area contributed by atoms with Gasteiger partial charge in [-0.3, -0.25) is 4.79 Å². The van der Waals surface area contributed by atoms with Gasteiger partial charge in [-0.2, -0.15) is 0 Å². The SMILES string of the molecule is CCN1C(=O)[C@H]2[C@H](C[C@H]1C(C)C)OC1=C(C(O)CC3(CC3)C1)[C@@H]2c1c(OC)ccc(-c2ccc(C)c(C(=O)O)n2)c1C. The topological polar surface area (TPSA) is 109 Å². The lowest BCUT2D eigenvalue weighted by Crippen LogP contribution is -2.59. The molecule has 2 N–H and O–H groups in total. The van der Waals surface area contributed by atoms with Gasteiger partial charge in [-0.15, -0.1) is 0 Å². The second-order valence-electron chi connectivity index (χ2n) is 13.1. The number of amides is 1. The van der Waals surface area contributed by atoms with Crippen LogP contribution in [0.5, 0.6) is 5.75 Å². The molecule has 5 atom stereocenters. The number of rotatable bonds is 6. The minimum Gasteiger partial charge on any atom is -0.496 e. The van der Waals surface area contributed by atoms with Crippen LogP contribution in [0.15, 0.2) is 35.6 Å². The third kappa shape index (κ3) is 4.50. The van der Waals surface area contributed by atoms with Gasteiger partial charge in [-0.05, 0) is 80.7 Å². The van der Waals surface area contributed by atoms with Crippen LogP contribution in [0, 0.1) is 31.1 Å². The van der Waals surface area contributed by atoms with Crippen LogP contribution in [0.2, 0.25) is 0 Å². The van der Waals surface area contributed by atoms with Gasteiger partial charge in [0.1, 0.15) is 11.9 Å². The fourth-order valence-electron chi connectivity index (χ4n) is 7.95. The predicted molar refractivity (Wildman–Crippen MR) is 158 cm³/mol. The molecular weight excluding hydrogens is 532 g/mol. The van der Waals surface area contributed by atoms with Gasteiger partial charge in [0, 0.05) is 48.0 Å². The van der Waals surface area contributed by atoms with Crippen molar-refractivity contribution in [2.24, 2.45) is 17.3 Å². The molecule has 1 aromatic carbocycles. The van der Waals surface area contributed by atoms with Crippen molar-refractivity contribution in [3.8, 4) is 17.0 Å². The van der Waals surface area contributed by atoms with Crippen molar-refractivity contribution in [1.29, 1.82) is 0 Å². The number of aryl methyl sites for hydroxylation is 1. The lowest BCUT2D eigenvalue weighted by molar-refractivity contribution is -0.156. The minimum absolute atomic E-state index is 0.0126. The Morgan fingerprint density at radius 3 is 2.57 bits per heavy atom. The molecule has 42 heavy (non-hydrogen) atoms. The van der Waals surface area contributed by atoms with E-state index in [1.165, 1.54) is 0 Å². The number of likely N-dealkylation sites (tertiary alicyclic amines) is 1. The highest BCUT2D eigenvalue weighted by Crippen LogP contribution is 2.62. The lowest BCUT2D eigenvalue weighted by Gasteiger charge is -2.52. The number of hydrogen-bond donors (Lipinski definition) is 2. The molecule has 3 heterocycles. The molecule has 2 aromatic rings. The molecule has 2 aliphatic heterocycles. The zero-order chi connectivity index (χ0) is 30.1. The van der Waals surface area contributed by atoms with Crippen molar-refractivity contribution in [3.63, 3.8) is 0 Å². The number of carboxylic acid groups (broad SMARTS) is 1. The first kappa shape index (κ1) is 28.7. The van der Waals surface area contributed by atoms with Crippen LogP contribution >= 0.6 is 0 Å². The summed E-state index contributed by atoms with van der Waals surface area (Å²) in [5.74, 6) is -0.185. The fourth-order valence-corrected chi connectivity index (χ4v) is 7.95. The van der Waals surface area contributed by atoms with E-state index in [4.69, 9.17) is 9.47 Å². The van der Waals surface area contributed by atoms with Crippen LogP contribution in [0.4, 0.5) is 0 Å². The number of nitrogens with zero attached hydrogens (tertiary/aromatic N) is 2. The number of allylic oxidation sites excluding steroid dienone is 1. The summed E-state index contributed by atoms with van der Waals surface area (Å²) in [7, 11) is 1.63. The van der Waals surface area contributed by atoms with Gasteiger partial charge in [-0.25, -0.2) is 9.78 Å². The molecule has 6 rings (SSSR count). The molecule has 1 saturated carbocycles. The number of fused-ring (bicyclic) bond motifs is 1. The van der Waals surface area contributed by atoms with Crippen LogP contribution < -0.4 is 4.74 Å². The standard InChI is InChI=1S/C34H42N2O6/c1-7-36-22(17(2)3)14-25-29(32(36)38)30(28-23(37)15-34(12-13-34)16-26(28)42-25)27-19(5)20(9-11-24(27)41-6)21-10-8-18(4)31(35-21)33(39)40/h8-11,17,22-23,25,29-30,37H,7,12-16H2,1-6H3,(H,39,40)/t22-,23?,25-,29-,30-/m0/s1. The van der Waals surface area contributed by atoms with Crippen molar-refractivity contribution in [2.75, 3.05) is 13.7 Å². The Morgan fingerprint density at radius 1 is 1.21 bits per heavy atom. The van der Waals surface area contributed by atoms with E-state index in [2.05, 4.69) is 18.8 Å². The van der Waals surface area contributed by atoms with E-state index in [9.17, 15) is 19.8 Å². The molecular formula is C34H42N2O6. The van der Waals surface area contributed by atoms with Gasteiger partial charge >= 0.3 is 5.97 Å². The van der Waals surface area contributed by atoms with E-state index < -0.39 is 23.9 Å². The lowest BCUT2D eigenvalue weighted by atomic mass is 9.65. The third-order valence-corrected chi connectivity index (χ3v) is 10.3. The molecule has 1 spiro atoms. The average Bonchev–Trinajstić information content (AvgIpc) is 3.69. The zero-order valence-electron chi connectivity index (χ0n) is 25.4. The largest absolute Gasteiger partial charge is 0.496 e. The second kappa shape index (κ2) is 10.4. The molecule has 0 radical (unpaired) electrons. The number of aromatic nitrogens is 1. The van der Waals surface area contributed by atoms with Gasteiger partial charge in [0.2, 0.25) is 5.91 Å². The number of hydrogen-bond acceptors (Lipinski definition) is 6. The highest BCUT2D eigenvalue weighted by molar-refractivity contribution is 5.88.